The van der Waals surface area contributed by atoms with Crippen molar-refractivity contribution in [3.8, 4) is 0 Å². The maximum Gasteiger partial charge on any atom is 0.285 e. The summed E-state index contributed by atoms with van der Waals surface area (Å²) in [7, 11) is 5.13. The van der Waals surface area contributed by atoms with Crippen LogP contribution in [0.25, 0.3) is 0 Å². The van der Waals surface area contributed by atoms with Gasteiger partial charge in [-0.1, -0.05) is 57.6 Å². The van der Waals surface area contributed by atoms with E-state index in [1.807, 2.05) is 0 Å². The van der Waals surface area contributed by atoms with Gasteiger partial charge in [-0.15, -0.1) is 0 Å². The summed E-state index contributed by atoms with van der Waals surface area (Å²) >= 11 is 0. The number of hydrogen-bond donors (Lipinski definition) is 0. The molecule has 3 heteroatoms. The average molecular weight is 353 g/mol. The molecule has 3 nitrogen and oxygen atoms in total. The van der Waals surface area contributed by atoms with Gasteiger partial charge in [-0.05, 0) is 49.9 Å². The van der Waals surface area contributed by atoms with Crippen molar-refractivity contribution < 1.29 is 14.2 Å². The minimum atomic E-state index is -0.878. The van der Waals surface area contributed by atoms with E-state index in [0.717, 1.165) is 30.6 Å². The molecule has 0 spiro atoms. The first-order valence-electron chi connectivity index (χ1n) is 10.5. The molecule has 25 heavy (non-hydrogen) atoms. The predicted molar refractivity (Wildman–Crippen MR) is 103 cm³/mol. The van der Waals surface area contributed by atoms with E-state index in [2.05, 4.69) is 19.1 Å². The van der Waals surface area contributed by atoms with E-state index >= 15 is 0 Å². The quantitative estimate of drug-likeness (QED) is 0.220. The molecule has 0 aromatic rings. The van der Waals surface area contributed by atoms with Crippen LogP contribution in [0.15, 0.2) is 12.2 Å². The van der Waals surface area contributed by atoms with Crippen molar-refractivity contribution in [2.45, 2.75) is 83.5 Å². The van der Waals surface area contributed by atoms with E-state index in [4.69, 9.17) is 14.2 Å². The summed E-state index contributed by atoms with van der Waals surface area (Å²) in [4.78, 5) is 0. The van der Waals surface area contributed by atoms with Crippen LogP contribution in [0.2, 0.25) is 0 Å². The molecule has 0 saturated heterocycles. The van der Waals surface area contributed by atoms with Gasteiger partial charge in [0.15, 0.2) is 0 Å². The monoisotopic (exact) mass is 352 g/mol. The number of allylic oxidation sites excluding steroid dienone is 2. The van der Waals surface area contributed by atoms with Crippen LogP contribution in [-0.2, 0) is 14.2 Å². The summed E-state index contributed by atoms with van der Waals surface area (Å²) < 4.78 is 17.1. The lowest BCUT2D eigenvalue weighted by Gasteiger charge is -2.37. The molecule has 4 atom stereocenters. The lowest BCUT2D eigenvalue weighted by molar-refractivity contribution is -0.380. The van der Waals surface area contributed by atoms with Gasteiger partial charge in [0.25, 0.3) is 5.97 Å². The zero-order chi connectivity index (χ0) is 18.1. The van der Waals surface area contributed by atoms with Crippen molar-refractivity contribution in [3.63, 3.8) is 0 Å². The van der Waals surface area contributed by atoms with E-state index in [-0.39, 0.29) is 0 Å². The van der Waals surface area contributed by atoms with Gasteiger partial charge in [-0.25, -0.2) is 0 Å². The fourth-order valence-electron chi connectivity index (χ4n) is 5.06. The highest BCUT2D eigenvalue weighted by atomic mass is 16.9. The fraction of sp³-hybridized carbons (Fsp3) is 0.909. The third kappa shape index (κ3) is 5.55. The summed E-state index contributed by atoms with van der Waals surface area (Å²) in [5.41, 5.74) is 0. The standard InChI is InChI=1S/C22H40O3/c1-5-6-7-8-9-10-11-21(22(23-2,24-3)25-4)15-14-20-17-18-12-13-19(20)16-18/h12-13,18-21H,5-11,14-17H2,1-4H3. The number of hydrogen-bond acceptors (Lipinski definition) is 3. The third-order valence-corrected chi connectivity index (χ3v) is 6.56. The molecule has 4 unspecified atom stereocenters. The molecule has 2 aliphatic rings. The third-order valence-electron chi connectivity index (χ3n) is 6.56. The lowest BCUT2D eigenvalue weighted by atomic mass is 9.84. The first-order chi connectivity index (χ1) is 12.2. The van der Waals surface area contributed by atoms with Gasteiger partial charge in [-0.2, -0.15) is 0 Å². The van der Waals surface area contributed by atoms with Crippen LogP contribution in [0.4, 0.5) is 0 Å². The lowest BCUT2D eigenvalue weighted by Crippen LogP contribution is -2.44. The summed E-state index contributed by atoms with van der Waals surface area (Å²) in [5.74, 6) is 1.95. The van der Waals surface area contributed by atoms with Gasteiger partial charge >= 0.3 is 0 Å². The molecule has 0 N–H and O–H groups in total. The van der Waals surface area contributed by atoms with Crippen molar-refractivity contribution in [1.29, 1.82) is 0 Å². The summed E-state index contributed by atoms with van der Waals surface area (Å²) in [6.07, 6.45) is 19.1. The Morgan fingerprint density at radius 3 is 2.12 bits per heavy atom. The topological polar surface area (TPSA) is 27.7 Å². The Hall–Kier alpha value is -0.380. The first kappa shape index (κ1) is 20.9. The maximum atomic E-state index is 5.71. The van der Waals surface area contributed by atoms with Gasteiger partial charge in [0.2, 0.25) is 0 Å². The van der Waals surface area contributed by atoms with Crippen LogP contribution < -0.4 is 0 Å². The molecule has 0 radical (unpaired) electrons. The summed E-state index contributed by atoms with van der Waals surface area (Å²) in [5, 5.41) is 0. The van der Waals surface area contributed by atoms with Gasteiger partial charge in [-0.3, -0.25) is 0 Å². The van der Waals surface area contributed by atoms with Crippen molar-refractivity contribution >= 4 is 0 Å². The van der Waals surface area contributed by atoms with Crippen molar-refractivity contribution in [1.82, 2.24) is 0 Å². The van der Waals surface area contributed by atoms with Gasteiger partial charge < -0.3 is 14.2 Å². The molecule has 1 saturated carbocycles. The fourth-order valence-corrected chi connectivity index (χ4v) is 5.06. The highest BCUT2D eigenvalue weighted by Gasteiger charge is 2.41. The molecule has 1 fully saturated rings. The van der Waals surface area contributed by atoms with E-state index < -0.39 is 5.97 Å². The summed E-state index contributed by atoms with van der Waals surface area (Å²) in [6.45, 7) is 2.27. The number of methoxy groups -OCH3 is 3. The molecule has 2 aliphatic carbocycles. The Morgan fingerprint density at radius 2 is 1.56 bits per heavy atom. The Morgan fingerprint density at radius 1 is 0.880 bits per heavy atom. The average Bonchev–Trinajstić information content (AvgIpc) is 3.26. The molecule has 0 aliphatic heterocycles. The predicted octanol–water partition coefficient (Wildman–Crippen LogP) is 5.94. The Balaban J connectivity index is 1.84. The van der Waals surface area contributed by atoms with Gasteiger partial charge in [0, 0.05) is 27.2 Å². The molecule has 2 bridgehead atoms. The van der Waals surface area contributed by atoms with Crippen LogP contribution in [0.3, 0.4) is 0 Å². The SMILES string of the molecule is CCCCCCCCC(CCC1CC2C=CC1C2)C(OC)(OC)OC. The highest BCUT2D eigenvalue weighted by Crippen LogP contribution is 2.46. The van der Waals surface area contributed by atoms with Crippen LogP contribution in [-0.4, -0.2) is 27.3 Å². The molecule has 2 rings (SSSR count). The first-order valence-corrected chi connectivity index (χ1v) is 10.5. The second-order valence-corrected chi connectivity index (χ2v) is 8.09. The van der Waals surface area contributed by atoms with E-state index in [1.54, 1.807) is 21.3 Å². The molecular formula is C22H40O3. The molecule has 146 valence electrons. The number of unbranched alkanes of at least 4 members (excludes halogenated alkanes) is 5. The Kier molecular flexibility index (Phi) is 8.95. The van der Waals surface area contributed by atoms with Crippen LogP contribution in [0, 0.1) is 23.7 Å². The normalized spacial score (nSPS) is 26.5. The van der Waals surface area contributed by atoms with Crippen molar-refractivity contribution in [2.75, 3.05) is 21.3 Å². The Bertz CT molecular complexity index is 380. The largest absolute Gasteiger partial charge is 0.331 e. The number of ether oxygens (including phenoxy) is 3. The minimum absolute atomic E-state index is 0.307. The molecule has 0 aromatic heterocycles. The number of rotatable bonds is 14. The van der Waals surface area contributed by atoms with E-state index in [1.165, 1.54) is 57.8 Å². The highest BCUT2D eigenvalue weighted by molar-refractivity contribution is 5.09. The van der Waals surface area contributed by atoms with Crippen molar-refractivity contribution in [3.05, 3.63) is 12.2 Å². The van der Waals surface area contributed by atoms with Crippen LogP contribution in [0.5, 0.6) is 0 Å². The van der Waals surface area contributed by atoms with E-state index in [0.29, 0.717) is 5.92 Å². The molecule has 0 heterocycles. The zero-order valence-corrected chi connectivity index (χ0v) is 17.0. The zero-order valence-electron chi connectivity index (χ0n) is 17.0. The van der Waals surface area contributed by atoms with Crippen LogP contribution >= 0.6 is 0 Å². The molecule has 0 amide bonds. The second kappa shape index (κ2) is 10.7. The minimum Gasteiger partial charge on any atom is -0.331 e. The van der Waals surface area contributed by atoms with Crippen molar-refractivity contribution in [2.24, 2.45) is 23.7 Å². The van der Waals surface area contributed by atoms with Gasteiger partial charge in [0.05, 0.1) is 0 Å². The Labute approximate surface area is 155 Å². The molecule has 0 aromatic carbocycles. The summed E-state index contributed by atoms with van der Waals surface area (Å²) in [6, 6.07) is 0. The maximum absolute atomic E-state index is 5.71. The van der Waals surface area contributed by atoms with Gasteiger partial charge in [0.1, 0.15) is 0 Å². The smallest absolute Gasteiger partial charge is 0.285 e. The molecular weight excluding hydrogens is 312 g/mol. The van der Waals surface area contributed by atoms with Crippen LogP contribution in [0.1, 0.15) is 77.6 Å². The van der Waals surface area contributed by atoms with E-state index in [9.17, 15) is 0 Å². The second-order valence-electron chi connectivity index (χ2n) is 8.09. The number of fused-ring (bicyclic) bond motifs is 2.